The van der Waals surface area contributed by atoms with Crippen LogP contribution in [0, 0.1) is 11.3 Å². The van der Waals surface area contributed by atoms with Crippen LogP contribution in [-0.4, -0.2) is 19.1 Å². The predicted molar refractivity (Wildman–Crippen MR) is 145 cm³/mol. The standard InChI is InChI=1S/C28H26Br2N2O3/c1-2-34-26-17-22(16-25(30)27(26)35-19-21-10-12-24(29)13-11-21)15-23(18-31)28(33)32-14-6-9-20-7-4-3-5-8-20/h3-5,7-8,10-13,15-17H,2,6,9,14,19H2,1H3,(H,32,33)/b23-15-. The molecule has 0 bridgehead atoms. The van der Waals surface area contributed by atoms with Gasteiger partial charge in [-0.25, -0.2) is 0 Å². The highest BCUT2D eigenvalue weighted by molar-refractivity contribution is 9.10. The molecule has 0 atom stereocenters. The lowest BCUT2D eigenvalue weighted by molar-refractivity contribution is -0.117. The second-order valence-corrected chi connectivity index (χ2v) is 9.46. The first-order chi connectivity index (χ1) is 17.0. The van der Waals surface area contributed by atoms with E-state index < -0.39 is 5.91 Å². The highest BCUT2D eigenvalue weighted by Crippen LogP contribution is 2.38. The minimum absolute atomic E-state index is 0.0302. The van der Waals surface area contributed by atoms with Gasteiger partial charge in [0.2, 0.25) is 0 Å². The van der Waals surface area contributed by atoms with Gasteiger partial charge in [0.05, 0.1) is 11.1 Å². The van der Waals surface area contributed by atoms with Crippen LogP contribution >= 0.6 is 31.9 Å². The predicted octanol–water partition coefficient (Wildman–Crippen LogP) is 6.85. The van der Waals surface area contributed by atoms with Crippen molar-refractivity contribution >= 4 is 43.8 Å². The van der Waals surface area contributed by atoms with Crippen LogP contribution in [-0.2, 0) is 17.8 Å². The first-order valence-corrected chi connectivity index (χ1v) is 12.9. The van der Waals surface area contributed by atoms with Crippen molar-refractivity contribution in [3.63, 3.8) is 0 Å². The molecule has 3 rings (SSSR count). The van der Waals surface area contributed by atoms with Crippen molar-refractivity contribution in [2.75, 3.05) is 13.2 Å². The number of nitrogens with one attached hydrogen (secondary N) is 1. The minimum Gasteiger partial charge on any atom is -0.490 e. The number of hydrogen-bond acceptors (Lipinski definition) is 4. The molecule has 0 aliphatic heterocycles. The van der Waals surface area contributed by atoms with Crippen molar-refractivity contribution in [2.24, 2.45) is 0 Å². The molecule has 0 fully saturated rings. The Labute approximate surface area is 223 Å². The monoisotopic (exact) mass is 596 g/mol. The number of nitriles is 1. The largest absolute Gasteiger partial charge is 0.490 e. The molecule has 0 spiro atoms. The third kappa shape index (κ3) is 8.27. The van der Waals surface area contributed by atoms with E-state index in [2.05, 4.69) is 49.3 Å². The van der Waals surface area contributed by atoms with Gasteiger partial charge in [0.15, 0.2) is 11.5 Å². The number of hydrogen-bond donors (Lipinski definition) is 1. The summed E-state index contributed by atoms with van der Waals surface area (Å²) >= 11 is 6.98. The molecule has 180 valence electrons. The van der Waals surface area contributed by atoms with Gasteiger partial charge in [0.25, 0.3) is 5.91 Å². The van der Waals surface area contributed by atoms with Crippen molar-refractivity contribution in [2.45, 2.75) is 26.4 Å². The number of halogens is 2. The lowest BCUT2D eigenvalue weighted by Gasteiger charge is -2.15. The molecule has 0 aliphatic carbocycles. The molecule has 7 heteroatoms. The minimum atomic E-state index is -0.398. The van der Waals surface area contributed by atoms with Gasteiger partial charge in [-0.2, -0.15) is 5.26 Å². The second kappa shape index (κ2) is 13.7. The fourth-order valence-corrected chi connectivity index (χ4v) is 4.20. The summed E-state index contributed by atoms with van der Waals surface area (Å²) in [7, 11) is 0. The van der Waals surface area contributed by atoms with Gasteiger partial charge in [-0.1, -0.05) is 58.4 Å². The Morgan fingerprint density at radius 1 is 1.03 bits per heavy atom. The molecule has 0 heterocycles. The number of carbonyl (C=O) groups is 1. The van der Waals surface area contributed by atoms with Gasteiger partial charge in [0, 0.05) is 11.0 Å². The first-order valence-electron chi connectivity index (χ1n) is 11.3. The van der Waals surface area contributed by atoms with E-state index in [0.717, 1.165) is 22.9 Å². The van der Waals surface area contributed by atoms with E-state index in [1.54, 1.807) is 18.2 Å². The number of benzene rings is 3. The van der Waals surface area contributed by atoms with Crippen LogP contribution in [0.5, 0.6) is 11.5 Å². The molecule has 0 radical (unpaired) electrons. The topological polar surface area (TPSA) is 71.3 Å². The van der Waals surface area contributed by atoms with Crippen LogP contribution in [0.3, 0.4) is 0 Å². The lowest BCUT2D eigenvalue weighted by Crippen LogP contribution is -2.25. The molecule has 0 saturated carbocycles. The van der Waals surface area contributed by atoms with Gasteiger partial charge in [0.1, 0.15) is 18.2 Å². The summed E-state index contributed by atoms with van der Waals surface area (Å²) in [6, 6.07) is 23.5. The molecule has 1 N–H and O–H groups in total. The van der Waals surface area contributed by atoms with Crippen molar-refractivity contribution in [1.82, 2.24) is 5.32 Å². The highest BCUT2D eigenvalue weighted by Gasteiger charge is 2.14. The SMILES string of the molecule is CCOc1cc(/C=C(/C#N)C(=O)NCCCc2ccccc2)cc(Br)c1OCc1ccc(Br)cc1. The first kappa shape index (κ1) is 26.5. The number of carbonyl (C=O) groups excluding carboxylic acids is 1. The molecule has 0 aliphatic rings. The number of nitrogens with zero attached hydrogens (tertiary/aromatic N) is 1. The summed E-state index contributed by atoms with van der Waals surface area (Å²) in [5.41, 5.74) is 2.92. The Hall–Kier alpha value is -3.08. The third-order valence-corrected chi connectivity index (χ3v) is 6.19. The van der Waals surface area contributed by atoms with Gasteiger partial charge in [-0.05, 0) is 82.7 Å². The van der Waals surface area contributed by atoms with Crippen LogP contribution < -0.4 is 14.8 Å². The number of ether oxygens (including phenoxy) is 2. The third-order valence-electron chi connectivity index (χ3n) is 5.07. The fraction of sp³-hybridized carbons (Fsp3) is 0.214. The van der Waals surface area contributed by atoms with Crippen molar-refractivity contribution in [3.8, 4) is 17.6 Å². The Bertz CT molecular complexity index is 1200. The normalized spacial score (nSPS) is 11.0. The molecule has 0 unspecified atom stereocenters. The summed E-state index contributed by atoms with van der Waals surface area (Å²) in [6.45, 7) is 3.19. The van der Waals surface area contributed by atoms with Gasteiger partial charge in [-0.3, -0.25) is 4.79 Å². The smallest absolute Gasteiger partial charge is 0.261 e. The van der Waals surface area contributed by atoms with Crippen molar-refractivity contribution in [3.05, 3.63) is 97.9 Å². The van der Waals surface area contributed by atoms with Crippen LogP contribution in [0.25, 0.3) is 6.08 Å². The maximum atomic E-state index is 12.6. The van der Waals surface area contributed by atoms with Crippen LogP contribution in [0.4, 0.5) is 0 Å². The van der Waals surface area contributed by atoms with E-state index in [0.29, 0.717) is 41.3 Å². The van der Waals surface area contributed by atoms with E-state index in [-0.39, 0.29) is 5.57 Å². The highest BCUT2D eigenvalue weighted by atomic mass is 79.9. The van der Waals surface area contributed by atoms with Crippen LogP contribution in [0.2, 0.25) is 0 Å². The molecule has 35 heavy (non-hydrogen) atoms. The Morgan fingerprint density at radius 2 is 1.77 bits per heavy atom. The Kier molecular flexibility index (Phi) is 10.4. The van der Waals surface area contributed by atoms with E-state index >= 15 is 0 Å². The average Bonchev–Trinajstić information content (AvgIpc) is 2.86. The van der Waals surface area contributed by atoms with Gasteiger partial charge >= 0.3 is 0 Å². The summed E-state index contributed by atoms with van der Waals surface area (Å²) in [5.74, 6) is 0.701. The summed E-state index contributed by atoms with van der Waals surface area (Å²) in [5, 5.41) is 12.4. The average molecular weight is 598 g/mol. The summed E-state index contributed by atoms with van der Waals surface area (Å²) in [6.07, 6.45) is 3.20. The molecule has 0 saturated heterocycles. The number of rotatable bonds is 11. The zero-order valence-electron chi connectivity index (χ0n) is 19.4. The molecular formula is C28H26Br2N2O3. The molecule has 5 nitrogen and oxygen atoms in total. The molecule has 1 amide bonds. The second-order valence-electron chi connectivity index (χ2n) is 7.69. The van der Waals surface area contributed by atoms with Crippen molar-refractivity contribution < 1.29 is 14.3 Å². The maximum absolute atomic E-state index is 12.6. The maximum Gasteiger partial charge on any atom is 0.261 e. The molecule has 0 aromatic heterocycles. The number of amides is 1. The van der Waals surface area contributed by atoms with Crippen molar-refractivity contribution in [1.29, 1.82) is 5.26 Å². The van der Waals surface area contributed by atoms with Crippen LogP contribution in [0.15, 0.2) is 81.2 Å². The zero-order valence-corrected chi connectivity index (χ0v) is 22.6. The number of aryl methyl sites for hydroxylation is 1. The van der Waals surface area contributed by atoms with Crippen LogP contribution in [0.1, 0.15) is 30.0 Å². The summed E-state index contributed by atoms with van der Waals surface area (Å²) in [4.78, 5) is 12.6. The van der Waals surface area contributed by atoms with E-state index in [9.17, 15) is 10.1 Å². The van der Waals surface area contributed by atoms with E-state index in [1.807, 2.05) is 55.5 Å². The lowest BCUT2D eigenvalue weighted by atomic mass is 10.1. The Balaban J connectivity index is 1.68. The summed E-state index contributed by atoms with van der Waals surface area (Å²) < 4.78 is 13.5. The zero-order chi connectivity index (χ0) is 25.0. The van der Waals surface area contributed by atoms with Gasteiger partial charge in [-0.15, -0.1) is 0 Å². The molecule has 3 aromatic rings. The fourth-order valence-electron chi connectivity index (χ4n) is 3.36. The van der Waals surface area contributed by atoms with E-state index in [1.165, 1.54) is 5.56 Å². The molecule has 3 aromatic carbocycles. The quantitative estimate of drug-likeness (QED) is 0.149. The van der Waals surface area contributed by atoms with Gasteiger partial charge < -0.3 is 14.8 Å². The molecular weight excluding hydrogens is 572 g/mol. The Morgan fingerprint density at radius 3 is 2.46 bits per heavy atom. The van der Waals surface area contributed by atoms with E-state index in [4.69, 9.17) is 9.47 Å².